The van der Waals surface area contributed by atoms with E-state index in [4.69, 9.17) is 7.49 Å². The molecule has 1 nitrogen and oxygen atoms in total. The number of carbonyl (C=O) groups excluding carboxylic acids is 1. The third-order valence-corrected chi connectivity index (χ3v) is 7.69. The maximum absolute atomic E-state index is 13.4. The van der Waals surface area contributed by atoms with Gasteiger partial charge in [-0.05, 0) is 0 Å². The van der Waals surface area contributed by atoms with E-state index in [-0.39, 0.29) is 11.7 Å². The fourth-order valence-corrected chi connectivity index (χ4v) is 5.40. The van der Waals surface area contributed by atoms with Crippen LogP contribution in [-0.2, 0) is 4.79 Å². The molecule has 0 saturated heterocycles. The van der Waals surface area contributed by atoms with Crippen molar-refractivity contribution >= 4 is 18.7 Å². The molecule has 2 unspecified atom stereocenters. The molecular weight excluding hydrogens is 447 g/mol. The summed E-state index contributed by atoms with van der Waals surface area (Å²) in [4.78, 5) is 13.4. The first-order valence-corrected chi connectivity index (χ1v) is 14.1. The molecule has 2 heteroatoms. The zero-order valence-corrected chi connectivity index (χ0v) is 22.4. The van der Waals surface area contributed by atoms with E-state index in [9.17, 15) is 4.79 Å². The molecule has 0 aromatic rings. The Balaban J connectivity index is 1.52. The Bertz CT molecular complexity index is 1170. The fourth-order valence-electron chi connectivity index (χ4n) is 5.40. The minimum atomic E-state index is -0.201. The number of hydrogen-bond donors (Lipinski definition) is 0. The summed E-state index contributed by atoms with van der Waals surface area (Å²) >= 11 is 0. The van der Waals surface area contributed by atoms with E-state index in [1.165, 1.54) is 23.1 Å². The molecule has 0 aromatic carbocycles. The van der Waals surface area contributed by atoms with Gasteiger partial charge in [0.05, 0.1) is 0 Å². The molecule has 0 fully saturated rings. The van der Waals surface area contributed by atoms with Gasteiger partial charge in [0.25, 0.3) is 0 Å². The summed E-state index contributed by atoms with van der Waals surface area (Å²) in [5.41, 5.74) is 6.81. The van der Waals surface area contributed by atoms with Gasteiger partial charge in [-0.25, -0.2) is 0 Å². The van der Waals surface area contributed by atoms with Crippen molar-refractivity contribution in [2.75, 3.05) is 0 Å². The summed E-state index contributed by atoms with van der Waals surface area (Å²) in [5, 5.41) is 0. The molecule has 0 bridgehead atoms. The first-order valence-electron chi connectivity index (χ1n) is 14.1. The van der Waals surface area contributed by atoms with Gasteiger partial charge in [-0.15, -0.1) is 0 Å². The van der Waals surface area contributed by atoms with Crippen molar-refractivity contribution in [1.82, 2.24) is 0 Å². The van der Waals surface area contributed by atoms with E-state index in [2.05, 4.69) is 85.9 Å². The Morgan fingerprint density at radius 3 is 2.54 bits per heavy atom. The van der Waals surface area contributed by atoms with Crippen molar-refractivity contribution in [3.8, 4) is 0 Å². The van der Waals surface area contributed by atoms with E-state index in [1.807, 2.05) is 6.08 Å². The molecule has 0 aliphatic heterocycles. The standard InChI is InChI=1S/C35H40BO/c1-2-30(21-18-27-12-6-3-7-13-27)31-24-32(34(36)22-19-28-14-8-4-9-15-28)26-33(25-31)35(37)23-20-29-16-10-5-11-17-29/h2,4,6,8,10,12-13,16-17,19-20,22-24,26,28,33H,3,5,7,9,11,14-15,18,21,25H2,1H3/b22-19+,23-20+,30-2?. The number of carbonyl (C=O) groups is 1. The Labute approximate surface area is 225 Å². The quantitative estimate of drug-likeness (QED) is 0.171. The summed E-state index contributed by atoms with van der Waals surface area (Å²) in [7, 11) is 6.63. The second kappa shape index (κ2) is 14.1. The van der Waals surface area contributed by atoms with Crippen LogP contribution in [0.5, 0.6) is 0 Å². The number of ketones is 1. The fraction of sp³-hybridized carbons (Fsp3) is 0.371. The van der Waals surface area contributed by atoms with Gasteiger partial charge in [0, 0.05) is 0 Å². The van der Waals surface area contributed by atoms with Crippen LogP contribution in [0.25, 0.3) is 0 Å². The molecule has 4 aliphatic rings. The molecule has 1 radical (unpaired) electrons. The maximum atomic E-state index is 13.4. The number of rotatable bonds is 10. The van der Waals surface area contributed by atoms with E-state index in [0.717, 1.165) is 74.4 Å². The van der Waals surface area contributed by atoms with Crippen LogP contribution in [-0.4, -0.2) is 18.7 Å². The van der Waals surface area contributed by atoms with Crippen LogP contribution in [0.3, 0.4) is 0 Å². The van der Waals surface area contributed by atoms with Crippen molar-refractivity contribution in [3.05, 3.63) is 119 Å². The van der Waals surface area contributed by atoms with Gasteiger partial charge in [0.15, 0.2) is 0 Å². The average Bonchev–Trinajstić information content (AvgIpc) is 2.96. The number of allylic oxidation sites excluding steroid dienone is 20. The molecule has 189 valence electrons. The predicted molar refractivity (Wildman–Crippen MR) is 161 cm³/mol. The normalized spacial score (nSPS) is 24.2. The summed E-state index contributed by atoms with van der Waals surface area (Å²) in [6.45, 7) is 2.11. The topological polar surface area (TPSA) is 17.1 Å². The first kappa shape index (κ1) is 27.1. The van der Waals surface area contributed by atoms with Gasteiger partial charge in [-0.3, -0.25) is 0 Å². The summed E-state index contributed by atoms with van der Waals surface area (Å²) in [6, 6.07) is 0. The number of hydrogen-bond acceptors (Lipinski definition) is 1. The van der Waals surface area contributed by atoms with Gasteiger partial charge >= 0.3 is 226 Å². The van der Waals surface area contributed by atoms with Crippen LogP contribution in [0.4, 0.5) is 0 Å². The van der Waals surface area contributed by atoms with Crippen LogP contribution in [0.2, 0.25) is 0 Å². The molecule has 2 atom stereocenters. The molecule has 0 spiro atoms. The molecule has 0 aromatic heterocycles. The van der Waals surface area contributed by atoms with Crippen LogP contribution in [0, 0.1) is 11.8 Å². The van der Waals surface area contributed by atoms with Gasteiger partial charge in [-0.1, -0.05) is 0 Å². The second-order valence-corrected chi connectivity index (χ2v) is 10.5. The van der Waals surface area contributed by atoms with E-state index < -0.39 is 0 Å². The van der Waals surface area contributed by atoms with E-state index in [0.29, 0.717) is 5.92 Å². The SMILES string of the molecule is [B]=C(/C=C/C1CC=CCC1)C1=CC(C(=O)/C=C/C2=CCCC=C2)CC(C(=CC)CCC2=CCCC=C2)=C1. The molecule has 37 heavy (non-hydrogen) atoms. The van der Waals surface area contributed by atoms with Crippen LogP contribution < -0.4 is 0 Å². The van der Waals surface area contributed by atoms with Crippen molar-refractivity contribution in [2.24, 2.45) is 11.8 Å². The van der Waals surface area contributed by atoms with Gasteiger partial charge in [0.1, 0.15) is 0 Å². The Hall–Kier alpha value is -3.00. The van der Waals surface area contributed by atoms with Crippen molar-refractivity contribution in [1.29, 1.82) is 0 Å². The van der Waals surface area contributed by atoms with Crippen LogP contribution in [0.1, 0.15) is 71.1 Å². The zero-order chi connectivity index (χ0) is 25.9. The third-order valence-electron chi connectivity index (χ3n) is 7.69. The van der Waals surface area contributed by atoms with Crippen molar-refractivity contribution in [3.63, 3.8) is 0 Å². The van der Waals surface area contributed by atoms with Crippen molar-refractivity contribution < 1.29 is 4.79 Å². The van der Waals surface area contributed by atoms with Crippen molar-refractivity contribution in [2.45, 2.75) is 71.1 Å². The van der Waals surface area contributed by atoms with E-state index in [1.54, 1.807) is 6.08 Å². The Morgan fingerprint density at radius 1 is 1.00 bits per heavy atom. The van der Waals surface area contributed by atoms with Gasteiger partial charge < -0.3 is 0 Å². The molecule has 0 heterocycles. The predicted octanol–water partition coefficient (Wildman–Crippen LogP) is 8.52. The molecule has 0 saturated carbocycles. The monoisotopic (exact) mass is 487 g/mol. The van der Waals surface area contributed by atoms with Crippen LogP contribution >= 0.6 is 0 Å². The Kier molecular flexibility index (Phi) is 10.3. The molecule has 4 aliphatic carbocycles. The molecule has 0 amide bonds. The Morgan fingerprint density at radius 2 is 1.84 bits per heavy atom. The molecular formula is C35H40BO. The van der Waals surface area contributed by atoms with Gasteiger partial charge in [-0.2, -0.15) is 0 Å². The summed E-state index contributed by atoms with van der Waals surface area (Å²) < 4.78 is 0. The second-order valence-electron chi connectivity index (χ2n) is 10.5. The first-order chi connectivity index (χ1) is 18.1. The van der Waals surface area contributed by atoms with E-state index >= 15 is 0 Å². The molecule has 0 N–H and O–H groups in total. The summed E-state index contributed by atoms with van der Waals surface area (Å²) in [6.07, 6.45) is 42.9. The van der Waals surface area contributed by atoms with Gasteiger partial charge in [0.2, 0.25) is 0 Å². The van der Waals surface area contributed by atoms with Crippen LogP contribution in [0.15, 0.2) is 119 Å². The minimum absolute atomic E-state index is 0.144. The molecule has 4 rings (SSSR count). The summed E-state index contributed by atoms with van der Waals surface area (Å²) in [5.74, 6) is 0.481. The average molecular weight is 488 g/mol. The third kappa shape index (κ3) is 8.25. The zero-order valence-electron chi connectivity index (χ0n) is 22.4.